The molecule has 1 N–H and O–H groups in total. The third kappa shape index (κ3) is 9.88. The lowest BCUT2D eigenvalue weighted by molar-refractivity contribution is -0.141. The summed E-state index contributed by atoms with van der Waals surface area (Å²) in [7, 11) is -3.57. The highest BCUT2D eigenvalue weighted by molar-refractivity contribution is 7.92. The summed E-state index contributed by atoms with van der Waals surface area (Å²) in [4.78, 5) is 29.1. The smallest absolute Gasteiger partial charge is 0.243 e. The Morgan fingerprint density at radius 2 is 1.55 bits per heavy atom. The molecule has 3 aromatic rings. The third-order valence-corrected chi connectivity index (χ3v) is 8.60. The zero-order valence-corrected chi connectivity index (χ0v) is 26.5. The second kappa shape index (κ2) is 15.8. The molecule has 7 nitrogen and oxygen atoms in total. The Balaban J connectivity index is 1.88. The van der Waals surface area contributed by atoms with Crippen molar-refractivity contribution in [2.24, 2.45) is 5.92 Å². The second-order valence-corrected chi connectivity index (χ2v) is 13.2. The molecule has 42 heavy (non-hydrogen) atoms. The van der Waals surface area contributed by atoms with Gasteiger partial charge in [-0.05, 0) is 53.6 Å². The summed E-state index contributed by atoms with van der Waals surface area (Å²) in [5.74, 6) is -0.237. The number of nitrogens with one attached hydrogen (secondary N) is 1. The van der Waals surface area contributed by atoms with Gasteiger partial charge >= 0.3 is 0 Å². The number of aryl methyl sites for hydroxylation is 1. The first-order valence-electron chi connectivity index (χ1n) is 14.4. The van der Waals surface area contributed by atoms with Gasteiger partial charge in [-0.3, -0.25) is 13.9 Å². The summed E-state index contributed by atoms with van der Waals surface area (Å²) in [6.45, 7) is 6.85. The van der Waals surface area contributed by atoms with E-state index in [0.717, 1.165) is 23.1 Å². The molecule has 226 valence electrons. The van der Waals surface area contributed by atoms with Crippen LogP contribution in [0, 0.1) is 5.92 Å². The largest absolute Gasteiger partial charge is 0.354 e. The predicted octanol–water partition coefficient (Wildman–Crippen LogP) is 5.86. The second-order valence-electron chi connectivity index (χ2n) is 10.9. The minimum atomic E-state index is -3.57. The minimum Gasteiger partial charge on any atom is -0.354 e. The van der Waals surface area contributed by atoms with Gasteiger partial charge in [0, 0.05) is 37.5 Å². The summed E-state index contributed by atoms with van der Waals surface area (Å²) in [5.41, 5.74) is 3.33. The van der Waals surface area contributed by atoms with Gasteiger partial charge in [0.25, 0.3) is 0 Å². The number of hydrogen-bond donors (Lipinski definition) is 1. The summed E-state index contributed by atoms with van der Waals surface area (Å²) in [5, 5.41) is 3.52. The Bertz CT molecular complexity index is 1410. The number of halogens is 1. The zero-order chi connectivity index (χ0) is 30.7. The zero-order valence-electron chi connectivity index (χ0n) is 24.9. The van der Waals surface area contributed by atoms with Crippen LogP contribution in [0.4, 0.5) is 5.69 Å². The van der Waals surface area contributed by atoms with Gasteiger partial charge in [-0.15, -0.1) is 0 Å². The lowest BCUT2D eigenvalue weighted by Crippen LogP contribution is -2.51. The Hall–Kier alpha value is -3.36. The molecule has 0 bridgehead atoms. The monoisotopic (exact) mass is 611 g/mol. The van der Waals surface area contributed by atoms with E-state index in [9.17, 15) is 18.0 Å². The molecule has 0 aliphatic heterocycles. The van der Waals surface area contributed by atoms with Crippen LogP contribution in [0.1, 0.15) is 50.3 Å². The maximum atomic E-state index is 13.9. The molecule has 1 unspecified atom stereocenters. The molecule has 0 saturated carbocycles. The number of amides is 2. The van der Waals surface area contributed by atoms with Gasteiger partial charge in [-0.2, -0.15) is 0 Å². The highest BCUT2D eigenvalue weighted by atomic mass is 35.5. The third-order valence-electron chi connectivity index (χ3n) is 7.04. The molecule has 0 heterocycles. The Morgan fingerprint density at radius 1 is 0.905 bits per heavy atom. The molecule has 0 saturated heterocycles. The Labute approximate surface area is 255 Å². The van der Waals surface area contributed by atoms with Crippen molar-refractivity contribution in [1.29, 1.82) is 0 Å². The standard InChI is InChI=1S/C33H42ClN3O4S/c1-5-26-17-19-29(20-18-26)37(42(4,40)41)21-11-16-32(38)36(24-28-14-9-10-15-30(28)34)31(33(39)35-23-25(2)3)22-27-12-7-6-8-13-27/h6-10,12-15,17-20,25,31H,5,11,16,21-24H2,1-4H3,(H,35,39). The quantitative estimate of drug-likeness (QED) is 0.233. The first-order chi connectivity index (χ1) is 20.0. The molecule has 0 aliphatic rings. The Morgan fingerprint density at radius 3 is 2.14 bits per heavy atom. The van der Waals surface area contributed by atoms with Crippen molar-refractivity contribution in [3.63, 3.8) is 0 Å². The highest BCUT2D eigenvalue weighted by Crippen LogP contribution is 2.23. The molecule has 0 spiro atoms. The predicted molar refractivity (Wildman–Crippen MR) is 171 cm³/mol. The molecule has 1 atom stereocenters. The molecule has 0 aromatic heterocycles. The normalized spacial score (nSPS) is 12.1. The summed E-state index contributed by atoms with van der Waals surface area (Å²) in [6.07, 6.45) is 2.70. The van der Waals surface area contributed by atoms with Crippen LogP contribution < -0.4 is 9.62 Å². The molecule has 3 rings (SSSR count). The van der Waals surface area contributed by atoms with E-state index in [1.807, 2.05) is 81.4 Å². The van der Waals surface area contributed by atoms with Crippen molar-refractivity contribution >= 4 is 39.1 Å². The van der Waals surface area contributed by atoms with Crippen LogP contribution >= 0.6 is 11.6 Å². The lowest BCUT2D eigenvalue weighted by atomic mass is 10.0. The number of carbonyl (C=O) groups excluding carboxylic acids is 2. The van der Waals surface area contributed by atoms with Crippen molar-refractivity contribution in [3.8, 4) is 0 Å². The fraction of sp³-hybridized carbons (Fsp3) is 0.394. The van der Waals surface area contributed by atoms with Crippen LogP contribution in [0.5, 0.6) is 0 Å². The van der Waals surface area contributed by atoms with Crippen LogP contribution in [0.3, 0.4) is 0 Å². The number of sulfonamides is 1. The SMILES string of the molecule is CCc1ccc(N(CCCC(=O)N(Cc2ccccc2Cl)C(Cc2ccccc2)C(=O)NCC(C)C)S(C)(=O)=O)cc1. The fourth-order valence-electron chi connectivity index (χ4n) is 4.69. The van der Waals surface area contributed by atoms with Gasteiger partial charge in [0.1, 0.15) is 6.04 Å². The number of hydrogen-bond acceptors (Lipinski definition) is 4. The van der Waals surface area contributed by atoms with E-state index in [0.29, 0.717) is 23.7 Å². The maximum Gasteiger partial charge on any atom is 0.243 e. The Kier molecular flexibility index (Phi) is 12.4. The molecular weight excluding hydrogens is 570 g/mol. The average Bonchev–Trinajstić information content (AvgIpc) is 2.96. The first-order valence-corrected chi connectivity index (χ1v) is 16.6. The fourth-order valence-corrected chi connectivity index (χ4v) is 5.85. The van der Waals surface area contributed by atoms with Crippen molar-refractivity contribution < 1.29 is 18.0 Å². The molecule has 0 aliphatic carbocycles. The van der Waals surface area contributed by atoms with Crippen LogP contribution in [0.25, 0.3) is 0 Å². The van der Waals surface area contributed by atoms with Crippen molar-refractivity contribution in [2.75, 3.05) is 23.7 Å². The number of anilines is 1. The number of nitrogens with zero attached hydrogens (tertiary/aromatic N) is 2. The van der Waals surface area contributed by atoms with Crippen LogP contribution in [0.2, 0.25) is 5.02 Å². The number of carbonyl (C=O) groups is 2. The molecular formula is C33H42ClN3O4S. The van der Waals surface area contributed by atoms with Crippen molar-refractivity contribution in [1.82, 2.24) is 10.2 Å². The summed E-state index contributed by atoms with van der Waals surface area (Å²) in [6, 6.07) is 23.5. The molecule has 9 heteroatoms. The molecule has 2 amide bonds. The van der Waals surface area contributed by atoms with Gasteiger partial charge in [-0.25, -0.2) is 8.42 Å². The average molecular weight is 612 g/mol. The summed E-state index contributed by atoms with van der Waals surface area (Å²) >= 11 is 6.49. The van der Waals surface area contributed by atoms with Crippen LogP contribution in [-0.4, -0.2) is 50.5 Å². The van der Waals surface area contributed by atoms with E-state index in [4.69, 9.17) is 11.6 Å². The molecule has 0 fully saturated rings. The van der Waals surface area contributed by atoms with E-state index in [-0.39, 0.29) is 43.7 Å². The van der Waals surface area contributed by atoms with Crippen molar-refractivity contribution in [2.45, 2.75) is 59.0 Å². The summed E-state index contributed by atoms with van der Waals surface area (Å²) < 4.78 is 26.7. The van der Waals surface area contributed by atoms with Gasteiger partial charge in [0.2, 0.25) is 21.8 Å². The van der Waals surface area contributed by atoms with Gasteiger partial charge < -0.3 is 10.2 Å². The van der Waals surface area contributed by atoms with E-state index in [1.165, 1.54) is 10.6 Å². The van der Waals surface area contributed by atoms with Gasteiger partial charge in [0.05, 0.1) is 11.9 Å². The molecule has 3 aromatic carbocycles. The number of benzene rings is 3. The van der Waals surface area contributed by atoms with Crippen LogP contribution in [0.15, 0.2) is 78.9 Å². The van der Waals surface area contributed by atoms with E-state index in [2.05, 4.69) is 5.32 Å². The number of rotatable bonds is 15. The van der Waals surface area contributed by atoms with Crippen LogP contribution in [-0.2, 0) is 39.0 Å². The van der Waals surface area contributed by atoms with E-state index < -0.39 is 16.1 Å². The first kappa shape index (κ1) is 33.1. The lowest BCUT2D eigenvalue weighted by Gasteiger charge is -2.32. The van der Waals surface area contributed by atoms with Gasteiger partial charge in [0.15, 0.2) is 0 Å². The highest BCUT2D eigenvalue weighted by Gasteiger charge is 2.31. The molecule has 0 radical (unpaired) electrons. The maximum absolute atomic E-state index is 13.9. The van der Waals surface area contributed by atoms with E-state index in [1.54, 1.807) is 23.1 Å². The topological polar surface area (TPSA) is 86.8 Å². The van der Waals surface area contributed by atoms with E-state index >= 15 is 0 Å². The minimum absolute atomic E-state index is 0.0618. The van der Waals surface area contributed by atoms with Crippen molar-refractivity contribution in [3.05, 3.63) is 101 Å². The van der Waals surface area contributed by atoms with Gasteiger partial charge in [-0.1, -0.05) is 93.0 Å².